The average Bonchev–Trinajstić information content (AvgIpc) is 2.98. The Bertz CT molecular complexity index is 1460. The van der Waals surface area contributed by atoms with E-state index in [-0.39, 0.29) is 30.2 Å². The van der Waals surface area contributed by atoms with E-state index < -0.39 is 12.1 Å². The van der Waals surface area contributed by atoms with Crippen molar-refractivity contribution < 1.29 is 51.6 Å². The van der Waals surface area contributed by atoms with Crippen LogP contribution in [-0.2, 0) is 16.1 Å². The number of morpholine rings is 1. The molecule has 0 saturated carbocycles. The lowest BCUT2D eigenvalue weighted by atomic mass is 9.99. The molecule has 4 rings (SSSR count). The van der Waals surface area contributed by atoms with Gasteiger partial charge in [0.05, 0.1) is 33.5 Å². The van der Waals surface area contributed by atoms with Crippen LogP contribution in [0.25, 0.3) is 10.8 Å². The molecule has 232 valence electrons. The predicted octanol–water partition coefficient (Wildman–Crippen LogP) is 4.45. The van der Waals surface area contributed by atoms with Crippen molar-refractivity contribution in [1.29, 1.82) is 0 Å². The van der Waals surface area contributed by atoms with Crippen LogP contribution in [0.2, 0.25) is 0 Å². The summed E-state index contributed by atoms with van der Waals surface area (Å²) < 4.78 is 53.8. The molecular weight excluding hydrogens is 575 g/mol. The van der Waals surface area contributed by atoms with Gasteiger partial charge in [-0.05, 0) is 49.1 Å². The van der Waals surface area contributed by atoms with Crippen molar-refractivity contribution in [3.8, 4) is 17.2 Å². The summed E-state index contributed by atoms with van der Waals surface area (Å²) in [4.78, 5) is 41.3. The number of ketones is 1. The van der Waals surface area contributed by atoms with E-state index in [2.05, 4.69) is 10.3 Å². The van der Waals surface area contributed by atoms with Crippen LogP contribution in [0.5, 0.6) is 17.2 Å². The third-order valence-electron chi connectivity index (χ3n) is 6.13. The first-order valence-corrected chi connectivity index (χ1v) is 13.1. The highest BCUT2D eigenvalue weighted by Crippen LogP contribution is 2.35. The number of halogens is 3. The summed E-state index contributed by atoms with van der Waals surface area (Å²) in [6, 6.07) is 10.4. The van der Waals surface area contributed by atoms with Crippen molar-refractivity contribution in [1.82, 2.24) is 15.2 Å². The molecular formula is C29H32F3N3O8. The van der Waals surface area contributed by atoms with Gasteiger partial charge in [-0.15, -0.1) is 0 Å². The van der Waals surface area contributed by atoms with Gasteiger partial charge in [-0.1, -0.05) is 12.1 Å². The van der Waals surface area contributed by atoms with Crippen LogP contribution in [0.3, 0.4) is 0 Å². The third-order valence-corrected chi connectivity index (χ3v) is 6.13. The summed E-state index contributed by atoms with van der Waals surface area (Å²) >= 11 is 0. The number of aliphatic carboxylic acids is 1. The number of carbonyl (C=O) groups is 3. The SMILES string of the molecule is COc1cc2c(CNC(=O)N3CCOCC3)cnc(C(=O)c3cccc(OC(C)C)c3)c2cc1OC.O=C(O)C(F)(F)F. The molecule has 0 unspecified atom stereocenters. The fraction of sp³-hybridized carbons (Fsp3) is 0.379. The van der Waals surface area contributed by atoms with Gasteiger partial charge in [0, 0.05) is 36.8 Å². The number of fused-ring (bicyclic) bond motifs is 1. The quantitative estimate of drug-likeness (QED) is 0.356. The molecule has 3 aromatic rings. The van der Waals surface area contributed by atoms with Gasteiger partial charge in [0.2, 0.25) is 5.78 Å². The fourth-order valence-corrected chi connectivity index (χ4v) is 4.11. The van der Waals surface area contributed by atoms with Crippen molar-refractivity contribution >= 4 is 28.6 Å². The number of aromatic nitrogens is 1. The number of rotatable bonds is 8. The number of pyridine rings is 1. The van der Waals surface area contributed by atoms with E-state index in [0.29, 0.717) is 54.5 Å². The third kappa shape index (κ3) is 8.70. The molecule has 2 amide bonds. The summed E-state index contributed by atoms with van der Waals surface area (Å²) in [5, 5.41) is 11.4. The number of alkyl halides is 3. The molecule has 14 heteroatoms. The number of carboxylic acids is 1. The monoisotopic (exact) mass is 607 g/mol. The molecule has 0 radical (unpaired) electrons. The van der Waals surface area contributed by atoms with Gasteiger partial charge in [0.15, 0.2) is 11.5 Å². The van der Waals surface area contributed by atoms with Gasteiger partial charge in [0.25, 0.3) is 0 Å². The highest BCUT2D eigenvalue weighted by atomic mass is 19.4. The normalized spacial score (nSPS) is 13.2. The van der Waals surface area contributed by atoms with E-state index in [1.54, 1.807) is 48.5 Å². The van der Waals surface area contributed by atoms with Gasteiger partial charge < -0.3 is 34.3 Å². The van der Waals surface area contributed by atoms with E-state index >= 15 is 0 Å². The Balaban J connectivity index is 0.000000646. The molecule has 1 saturated heterocycles. The molecule has 1 aromatic heterocycles. The number of hydrogen-bond donors (Lipinski definition) is 2. The van der Waals surface area contributed by atoms with E-state index in [1.165, 1.54) is 7.11 Å². The zero-order valence-corrected chi connectivity index (χ0v) is 24.0. The maximum Gasteiger partial charge on any atom is 0.490 e. The van der Waals surface area contributed by atoms with Gasteiger partial charge >= 0.3 is 18.2 Å². The molecule has 0 spiro atoms. The average molecular weight is 608 g/mol. The minimum atomic E-state index is -5.08. The van der Waals surface area contributed by atoms with Crippen LogP contribution in [0, 0.1) is 0 Å². The first-order chi connectivity index (χ1) is 20.3. The Kier molecular flexibility index (Phi) is 11.1. The second-order valence-electron chi connectivity index (χ2n) is 9.47. The van der Waals surface area contributed by atoms with Crippen LogP contribution < -0.4 is 19.5 Å². The molecule has 1 aliphatic heterocycles. The Labute approximate surface area is 245 Å². The van der Waals surface area contributed by atoms with E-state index in [1.807, 2.05) is 19.9 Å². The van der Waals surface area contributed by atoms with Gasteiger partial charge in [0.1, 0.15) is 11.4 Å². The number of nitrogens with zero attached hydrogens (tertiary/aromatic N) is 2. The second kappa shape index (κ2) is 14.5. The van der Waals surface area contributed by atoms with Crippen LogP contribution in [0.1, 0.15) is 35.5 Å². The molecule has 2 heterocycles. The molecule has 2 aromatic carbocycles. The number of urea groups is 1. The smallest absolute Gasteiger partial charge is 0.490 e. The highest BCUT2D eigenvalue weighted by molar-refractivity contribution is 6.15. The summed E-state index contributed by atoms with van der Waals surface area (Å²) in [5.41, 5.74) is 1.49. The number of methoxy groups -OCH3 is 2. The standard InChI is InChI=1S/C27H31N3O6.C2HF3O2/c1-17(2)36-20-7-5-6-18(12-20)26(31)25-22-14-24(34-4)23(33-3)13-21(22)19(15-28-25)16-29-27(32)30-8-10-35-11-9-30;3-2(4,5)1(6)7/h5-7,12-15,17H,8-11,16H2,1-4H3,(H,29,32);(H,6,7). The largest absolute Gasteiger partial charge is 0.493 e. The van der Waals surface area contributed by atoms with Crippen molar-refractivity contribution in [3.63, 3.8) is 0 Å². The zero-order valence-electron chi connectivity index (χ0n) is 24.0. The van der Waals surface area contributed by atoms with Gasteiger partial charge in [-0.3, -0.25) is 9.78 Å². The maximum atomic E-state index is 13.6. The zero-order chi connectivity index (χ0) is 31.7. The van der Waals surface area contributed by atoms with Crippen molar-refractivity contribution in [2.24, 2.45) is 0 Å². The molecule has 43 heavy (non-hydrogen) atoms. The van der Waals surface area contributed by atoms with Crippen molar-refractivity contribution in [2.75, 3.05) is 40.5 Å². The Morgan fingerprint density at radius 3 is 2.21 bits per heavy atom. The number of hydrogen-bond acceptors (Lipinski definition) is 8. The topological polar surface area (TPSA) is 137 Å². The van der Waals surface area contributed by atoms with Crippen LogP contribution >= 0.6 is 0 Å². The molecule has 0 aliphatic carbocycles. The maximum absolute atomic E-state index is 13.6. The van der Waals surface area contributed by atoms with Crippen molar-refractivity contribution in [2.45, 2.75) is 32.7 Å². The summed E-state index contributed by atoms with van der Waals surface area (Å²) in [5.74, 6) is -1.39. The second-order valence-corrected chi connectivity index (χ2v) is 9.47. The van der Waals surface area contributed by atoms with E-state index in [0.717, 1.165) is 10.9 Å². The number of carboxylic acid groups (broad SMARTS) is 1. The minimum Gasteiger partial charge on any atom is -0.493 e. The molecule has 0 atom stereocenters. The lowest BCUT2D eigenvalue weighted by molar-refractivity contribution is -0.192. The van der Waals surface area contributed by atoms with Crippen LogP contribution in [-0.4, -0.2) is 85.6 Å². The fourth-order valence-electron chi connectivity index (χ4n) is 4.11. The predicted molar refractivity (Wildman–Crippen MR) is 149 cm³/mol. The highest BCUT2D eigenvalue weighted by Gasteiger charge is 2.38. The number of carbonyl (C=O) groups excluding carboxylic acids is 2. The molecule has 1 fully saturated rings. The number of benzene rings is 2. The van der Waals surface area contributed by atoms with E-state index in [4.69, 9.17) is 28.8 Å². The van der Waals surface area contributed by atoms with Crippen LogP contribution in [0.15, 0.2) is 42.6 Å². The minimum absolute atomic E-state index is 0.0158. The van der Waals surface area contributed by atoms with Gasteiger partial charge in [-0.25, -0.2) is 9.59 Å². The lowest BCUT2D eigenvalue weighted by Crippen LogP contribution is -2.45. The summed E-state index contributed by atoms with van der Waals surface area (Å²) in [6.07, 6.45) is -3.48. The Morgan fingerprint density at radius 1 is 1.05 bits per heavy atom. The number of nitrogens with one attached hydrogen (secondary N) is 1. The first kappa shape index (κ1) is 32.9. The number of ether oxygens (including phenoxy) is 4. The number of amides is 2. The Morgan fingerprint density at radius 2 is 1.65 bits per heavy atom. The molecule has 1 aliphatic rings. The molecule has 2 N–H and O–H groups in total. The summed E-state index contributed by atoms with van der Waals surface area (Å²) in [7, 11) is 3.09. The van der Waals surface area contributed by atoms with Crippen molar-refractivity contribution in [3.05, 3.63) is 59.4 Å². The summed E-state index contributed by atoms with van der Waals surface area (Å²) in [6.45, 7) is 6.23. The lowest BCUT2D eigenvalue weighted by Gasteiger charge is -2.27. The van der Waals surface area contributed by atoms with E-state index in [9.17, 15) is 22.8 Å². The molecule has 0 bridgehead atoms. The Hall–Kier alpha value is -4.59. The first-order valence-electron chi connectivity index (χ1n) is 13.1. The molecule has 11 nitrogen and oxygen atoms in total. The van der Waals surface area contributed by atoms with Gasteiger partial charge in [-0.2, -0.15) is 13.2 Å². The van der Waals surface area contributed by atoms with Crippen LogP contribution in [0.4, 0.5) is 18.0 Å².